The summed E-state index contributed by atoms with van der Waals surface area (Å²) in [7, 11) is 0. The third-order valence-corrected chi connectivity index (χ3v) is 3.03. The van der Waals surface area contributed by atoms with E-state index in [4.69, 9.17) is 0 Å². The Balaban J connectivity index is 2.27. The molecule has 0 fully saturated rings. The first-order valence-corrected chi connectivity index (χ1v) is 5.74. The molecular weight excluding hydrogens is 190 g/mol. The van der Waals surface area contributed by atoms with Gasteiger partial charge >= 0.3 is 0 Å². The number of hydrogen-bond donors (Lipinski definition) is 0. The van der Waals surface area contributed by atoms with Gasteiger partial charge in [-0.1, -0.05) is 31.6 Å². The largest absolute Gasteiger partial charge is 0.237 e. The maximum Gasteiger partial charge on any atom is 0.117 e. The van der Waals surface area contributed by atoms with E-state index < -0.39 is 0 Å². The van der Waals surface area contributed by atoms with Crippen LogP contribution in [-0.4, -0.2) is 4.98 Å². The number of fused-ring (bicyclic) bond motifs is 1. The molecule has 0 saturated heterocycles. The first-order valence-electron chi connectivity index (χ1n) is 4.92. The van der Waals surface area contributed by atoms with Gasteiger partial charge in [-0.2, -0.15) is 0 Å². The molecule has 1 aromatic carbocycles. The second-order valence-electron chi connectivity index (χ2n) is 3.21. The summed E-state index contributed by atoms with van der Waals surface area (Å²) in [5.41, 5.74) is 1.11. The van der Waals surface area contributed by atoms with Crippen LogP contribution in [0.2, 0.25) is 0 Å². The molecule has 0 spiro atoms. The molecule has 0 radical (unpaired) electrons. The highest BCUT2D eigenvalue weighted by Crippen LogP contribution is 2.22. The molecule has 0 N–H and O–H groups in total. The summed E-state index contributed by atoms with van der Waals surface area (Å²) in [6.07, 6.45) is 6.64. The van der Waals surface area contributed by atoms with Crippen LogP contribution in [0.25, 0.3) is 16.3 Å². The van der Waals surface area contributed by atoms with Crippen molar-refractivity contribution >= 4 is 27.6 Å². The van der Waals surface area contributed by atoms with Crippen molar-refractivity contribution in [3.05, 3.63) is 35.3 Å². The van der Waals surface area contributed by atoms with Gasteiger partial charge < -0.3 is 0 Å². The highest BCUT2D eigenvalue weighted by atomic mass is 32.1. The van der Waals surface area contributed by atoms with Crippen molar-refractivity contribution in [2.24, 2.45) is 0 Å². The van der Waals surface area contributed by atoms with Crippen LogP contribution >= 0.6 is 11.3 Å². The fraction of sp³-hybridized carbons (Fsp3) is 0.250. The van der Waals surface area contributed by atoms with Crippen molar-refractivity contribution < 1.29 is 0 Å². The number of rotatable bonds is 3. The molecule has 0 amide bonds. The number of nitrogens with zero attached hydrogens (tertiary/aromatic N) is 1. The van der Waals surface area contributed by atoms with Crippen LogP contribution in [0.4, 0.5) is 0 Å². The zero-order chi connectivity index (χ0) is 9.80. The third kappa shape index (κ3) is 2.02. The summed E-state index contributed by atoms with van der Waals surface area (Å²) < 4.78 is 1.27. The van der Waals surface area contributed by atoms with E-state index in [-0.39, 0.29) is 0 Å². The highest BCUT2D eigenvalue weighted by molar-refractivity contribution is 7.19. The van der Waals surface area contributed by atoms with Crippen LogP contribution in [0.15, 0.2) is 30.3 Å². The Kier molecular flexibility index (Phi) is 2.94. The summed E-state index contributed by atoms with van der Waals surface area (Å²) in [4.78, 5) is 4.52. The van der Waals surface area contributed by atoms with E-state index in [9.17, 15) is 0 Å². The van der Waals surface area contributed by atoms with Crippen molar-refractivity contribution in [3.8, 4) is 0 Å². The maximum absolute atomic E-state index is 4.52. The Hall–Kier alpha value is -1.15. The molecule has 0 aliphatic heterocycles. The van der Waals surface area contributed by atoms with E-state index in [1.807, 2.05) is 6.07 Å². The number of benzene rings is 1. The monoisotopic (exact) mass is 203 g/mol. The topological polar surface area (TPSA) is 12.9 Å². The van der Waals surface area contributed by atoms with E-state index in [0.29, 0.717) is 0 Å². The number of unbranched alkanes of at least 4 members (excludes halogenated alkanes) is 1. The van der Waals surface area contributed by atoms with Gasteiger partial charge in [0.15, 0.2) is 0 Å². The molecule has 1 nitrogen and oxygen atoms in total. The summed E-state index contributed by atoms with van der Waals surface area (Å²) >= 11 is 1.75. The van der Waals surface area contributed by atoms with Gasteiger partial charge in [0.25, 0.3) is 0 Å². The smallest absolute Gasteiger partial charge is 0.117 e. The van der Waals surface area contributed by atoms with E-state index >= 15 is 0 Å². The predicted molar refractivity (Wildman–Crippen MR) is 63.6 cm³/mol. The minimum absolute atomic E-state index is 1.11. The Morgan fingerprint density at radius 3 is 3.00 bits per heavy atom. The first-order chi connectivity index (χ1) is 6.90. The van der Waals surface area contributed by atoms with Gasteiger partial charge in [-0.15, -0.1) is 11.3 Å². The Morgan fingerprint density at radius 1 is 1.36 bits per heavy atom. The highest BCUT2D eigenvalue weighted by Gasteiger charge is 1.98. The molecule has 0 bridgehead atoms. The summed E-state index contributed by atoms with van der Waals surface area (Å²) in [5.74, 6) is 0. The molecule has 0 atom stereocenters. The quantitative estimate of drug-likeness (QED) is 0.731. The van der Waals surface area contributed by atoms with Gasteiger partial charge in [0.05, 0.1) is 10.2 Å². The lowest BCUT2D eigenvalue weighted by molar-refractivity contribution is 0.962. The maximum atomic E-state index is 4.52. The average molecular weight is 203 g/mol. The molecule has 0 unspecified atom stereocenters. The predicted octanol–water partition coefficient (Wildman–Crippen LogP) is 4.11. The van der Waals surface area contributed by atoms with Gasteiger partial charge in [0.1, 0.15) is 5.01 Å². The standard InChI is InChI=1S/C12H13NS/c1-2-3-4-9-12-13-10-7-5-6-8-11(10)14-12/h4-9H,2-3H2,1H3. The average Bonchev–Trinajstić information content (AvgIpc) is 2.60. The molecule has 2 aromatic rings. The lowest BCUT2D eigenvalue weighted by atomic mass is 10.3. The minimum atomic E-state index is 1.11. The van der Waals surface area contributed by atoms with Gasteiger partial charge in [0.2, 0.25) is 0 Å². The number of aromatic nitrogens is 1. The van der Waals surface area contributed by atoms with Crippen molar-refractivity contribution in [2.75, 3.05) is 0 Å². The van der Waals surface area contributed by atoms with Crippen LogP contribution in [0.3, 0.4) is 0 Å². The van der Waals surface area contributed by atoms with E-state index in [2.05, 4.69) is 42.3 Å². The van der Waals surface area contributed by atoms with E-state index in [1.54, 1.807) is 11.3 Å². The molecule has 0 saturated carbocycles. The summed E-state index contributed by atoms with van der Waals surface area (Å²) in [6, 6.07) is 8.26. The number of para-hydroxylation sites is 1. The molecule has 2 heteroatoms. The van der Waals surface area contributed by atoms with Gasteiger partial charge in [-0.25, -0.2) is 4.98 Å². The number of thiazole rings is 1. The molecule has 2 rings (SSSR count). The SMILES string of the molecule is CCCC=Cc1nc2ccccc2s1. The van der Waals surface area contributed by atoms with Crippen molar-refractivity contribution in [1.82, 2.24) is 4.98 Å². The fourth-order valence-corrected chi connectivity index (χ4v) is 2.21. The third-order valence-electron chi connectivity index (χ3n) is 2.03. The van der Waals surface area contributed by atoms with Crippen molar-refractivity contribution in [1.29, 1.82) is 0 Å². The van der Waals surface area contributed by atoms with Crippen LogP contribution in [0, 0.1) is 0 Å². The van der Waals surface area contributed by atoms with Gasteiger partial charge in [0, 0.05) is 0 Å². The van der Waals surface area contributed by atoms with E-state index in [1.165, 1.54) is 11.1 Å². The molecule has 1 aromatic heterocycles. The summed E-state index contributed by atoms with van der Waals surface area (Å²) in [5, 5.41) is 1.11. The van der Waals surface area contributed by atoms with Crippen molar-refractivity contribution in [3.63, 3.8) is 0 Å². The second-order valence-corrected chi connectivity index (χ2v) is 4.27. The normalized spacial score (nSPS) is 11.5. The molecule has 0 aliphatic carbocycles. The fourth-order valence-electron chi connectivity index (χ4n) is 1.31. The molecule has 72 valence electrons. The zero-order valence-corrected chi connectivity index (χ0v) is 9.05. The van der Waals surface area contributed by atoms with Crippen LogP contribution < -0.4 is 0 Å². The zero-order valence-electron chi connectivity index (χ0n) is 8.23. The van der Waals surface area contributed by atoms with Gasteiger partial charge in [-0.3, -0.25) is 0 Å². The first kappa shape index (κ1) is 9.41. The molecular formula is C12H13NS. The van der Waals surface area contributed by atoms with Crippen molar-refractivity contribution in [2.45, 2.75) is 19.8 Å². The van der Waals surface area contributed by atoms with Crippen LogP contribution in [0.1, 0.15) is 24.8 Å². The Bertz CT molecular complexity index is 409. The second kappa shape index (κ2) is 4.38. The Morgan fingerprint density at radius 2 is 2.21 bits per heavy atom. The van der Waals surface area contributed by atoms with E-state index in [0.717, 1.165) is 16.9 Å². The minimum Gasteiger partial charge on any atom is -0.237 e. The van der Waals surface area contributed by atoms with Gasteiger partial charge in [-0.05, 0) is 24.6 Å². The number of hydrogen-bond acceptors (Lipinski definition) is 2. The van der Waals surface area contributed by atoms with Crippen LogP contribution in [-0.2, 0) is 0 Å². The number of allylic oxidation sites excluding steroid dienone is 1. The summed E-state index contributed by atoms with van der Waals surface area (Å²) in [6.45, 7) is 2.18. The molecule has 14 heavy (non-hydrogen) atoms. The lowest BCUT2D eigenvalue weighted by Crippen LogP contribution is -1.68. The van der Waals surface area contributed by atoms with Crippen LogP contribution in [0.5, 0.6) is 0 Å². The molecule has 0 aliphatic rings. The Labute approximate surface area is 88.1 Å². The molecule has 1 heterocycles. The lowest BCUT2D eigenvalue weighted by Gasteiger charge is -1.82.